The maximum Gasteiger partial charge on any atom is 0.307 e. The van der Waals surface area contributed by atoms with Gasteiger partial charge in [0, 0.05) is 22.4 Å². The van der Waals surface area contributed by atoms with Crippen molar-refractivity contribution in [3.05, 3.63) is 44.5 Å². The summed E-state index contributed by atoms with van der Waals surface area (Å²) in [6.07, 6.45) is 0. The lowest BCUT2D eigenvalue weighted by Gasteiger charge is -2.10. The zero-order valence-electron chi connectivity index (χ0n) is 10.8. The molecule has 19 heavy (non-hydrogen) atoms. The highest BCUT2D eigenvalue weighted by Crippen LogP contribution is 2.20. The topological polar surface area (TPSA) is 77.1 Å². The molecule has 0 aliphatic rings. The molecule has 3 N–H and O–H groups in total. The molecular formula is C13H15N3O2S. The minimum atomic E-state index is -0.239. The lowest BCUT2D eigenvalue weighted by molar-refractivity contribution is -0.116. The van der Waals surface area contributed by atoms with Crippen molar-refractivity contribution in [1.82, 2.24) is 4.57 Å². The molecule has 1 amide bonds. The van der Waals surface area contributed by atoms with Crippen LogP contribution in [0.5, 0.6) is 0 Å². The van der Waals surface area contributed by atoms with Gasteiger partial charge in [-0.25, -0.2) is 0 Å². The maximum atomic E-state index is 11.9. The number of carbonyl (C=O) groups is 1. The highest BCUT2D eigenvalue weighted by Gasteiger charge is 2.10. The van der Waals surface area contributed by atoms with E-state index in [2.05, 4.69) is 5.32 Å². The summed E-state index contributed by atoms with van der Waals surface area (Å²) in [5.74, 6) is -0.239. The van der Waals surface area contributed by atoms with Crippen LogP contribution in [0.25, 0.3) is 0 Å². The Morgan fingerprint density at radius 3 is 2.79 bits per heavy atom. The molecule has 0 unspecified atom stereocenters. The van der Waals surface area contributed by atoms with Crippen LogP contribution in [0.15, 0.2) is 28.4 Å². The molecule has 0 saturated carbocycles. The van der Waals surface area contributed by atoms with Gasteiger partial charge in [-0.3, -0.25) is 14.2 Å². The van der Waals surface area contributed by atoms with E-state index in [0.29, 0.717) is 11.4 Å². The number of carbonyl (C=O) groups excluding carboxylic acids is 1. The first-order chi connectivity index (χ1) is 8.99. The molecule has 0 aliphatic carbocycles. The van der Waals surface area contributed by atoms with E-state index < -0.39 is 0 Å². The van der Waals surface area contributed by atoms with Crippen LogP contribution in [0.2, 0.25) is 0 Å². The molecule has 0 bridgehead atoms. The van der Waals surface area contributed by atoms with Gasteiger partial charge in [0.2, 0.25) is 5.91 Å². The van der Waals surface area contributed by atoms with E-state index in [1.165, 1.54) is 4.57 Å². The van der Waals surface area contributed by atoms with Crippen LogP contribution in [0.4, 0.5) is 11.4 Å². The van der Waals surface area contributed by atoms with E-state index in [1.807, 2.05) is 6.92 Å². The molecule has 0 atom stereocenters. The third-order valence-electron chi connectivity index (χ3n) is 2.93. The van der Waals surface area contributed by atoms with Crippen LogP contribution in [0.3, 0.4) is 0 Å². The summed E-state index contributed by atoms with van der Waals surface area (Å²) in [5, 5.41) is 4.51. The number of nitrogen functional groups attached to an aromatic ring is 1. The number of nitrogens with zero attached hydrogens (tertiary/aromatic N) is 1. The molecule has 2 aromatic rings. The fourth-order valence-corrected chi connectivity index (χ4v) is 2.45. The summed E-state index contributed by atoms with van der Waals surface area (Å²) in [5.41, 5.74) is 8.69. The molecule has 5 nitrogen and oxygen atoms in total. The predicted octanol–water partition coefficient (Wildman–Crippen LogP) is 1.75. The average molecular weight is 277 g/mol. The van der Waals surface area contributed by atoms with Gasteiger partial charge >= 0.3 is 4.87 Å². The Balaban J connectivity index is 2.14. The van der Waals surface area contributed by atoms with Crippen molar-refractivity contribution in [2.24, 2.45) is 0 Å². The van der Waals surface area contributed by atoms with Gasteiger partial charge in [0.25, 0.3) is 0 Å². The second-order valence-electron chi connectivity index (χ2n) is 4.30. The predicted molar refractivity (Wildman–Crippen MR) is 77.5 cm³/mol. The van der Waals surface area contributed by atoms with Gasteiger partial charge < -0.3 is 11.1 Å². The summed E-state index contributed by atoms with van der Waals surface area (Å²) in [7, 11) is 0. The molecule has 0 saturated heterocycles. The molecule has 0 radical (unpaired) electrons. The summed E-state index contributed by atoms with van der Waals surface area (Å²) in [4.78, 5) is 23.3. The fourth-order valence-electron chi connectivity index (χ4n) is 1.72. The number of thiazole rings is 1. The third-order valence-corrected chi connectivity index (χ3v) is 3.81. The van der Waals surface area contributed by atoms with Gasteiger partial charge in [0.15, 0.2) is 0 Å². The van der Waals surface area contributed by atoms with E-state index >= 15 is 0 Å². The Hall–Kier alpha value is -2.08. The Morgan fingerprint density at radius 2 is 2.16 bits per heavy atom. The summed E-state index contributed by atoms with van der Waals surface area (Å²) >= 11 is 1.09. The molecule has 0 aliphatic heterocycles. The van der Waals surface area contributed by atoms with Crippen molar-refractivity contribution in [2.45, 2.75) is 20.4 Å². The Bertz CT molecular complexity index is 673. The number of amides is 1. The van der Waals surface area contributed by atoms with Crippen LogP contribution in [0, 0.1) is 13.8 Å². The van der Waals surface area contributed by atoms with Crippen molar-refractivity contribution in [3.63, 3.8) is 0 Å². The number of aromatic nitrogens is 1. The van der Waals surface area contributed by atoms with Crippen LogP contribution in [0.1, 0.15) is 11.3 Å². The van der Waals surface area contributed by atoms with Gasteiger partial charge in [-0.05, 0) is 31.5 Å². The van der Waals surface area contributed by atoms with E-state index in [-0.39, 0.29) is 17.3 Å². The number of nitrogens with two attached hydrogens (primary N) is 1. The molecular weight excluding hydrogens is 262 g/mol. The SMILES string of the molecule is Cc1c(N)cccc1NC(=O)Cn1c(C)csc1=O. The normalized spacial score (nSPS) is 10.4. The first-order valence-corrected chi connectivity index (χ1v) is 6.67. The van der Waals surface area contributed by atoms with Crippen molar-refractivity contribution in [1.29, 1.82) is 0 Å². The van der Waals surface area contributed by atoms with Gasteiger partial charge in [0.05, 0.1) is 0 Å². The monoisotopic (exact) mass is 277 g/mol. The first-order valence-electron chi connectivity index (χ1n) is 5.79. The van der Waals surface area contributed by atoms with Crippen molar-refractivity contribution in [3.8, 4) is 0 Å². The number of benzene rings is 1. The Kier molecular flexibility index (Phi) is 3.71. The lowest BCUT2D eigenvalue weighted by Crippen LogP contribution is -2.25. The highest BCUT2D eigenvalue weighted by molar-refractivity contribution is 7.07. The quantitative estimate of drug-likeness (QED) is 0.839. The smallest absolute Gasteiger partial charge is 0.307 e. The lowest BCUT2D eigenvalue weighted by atomic mass is 10.1. The van der Waals surface area contributed by atoms with Gasteiger partial charge in [-0.1, -0.05) is 17.4 Å². The van der Waals surface area contributed by atoms with E-state index in [9.17, 15) is 9.59 Å². The molecule has 0 spiro atoms. The van der Waals surface area contributed by atoms with E-state index in [0.717, 1.165) is 22.6 Å². The van der Waals surface area contributed by atoms with Crippen LogP contribution >= 0.6 is 11.3 Å². The average Bonchev–Trinajstić information content (AvgIpc) is 2.67. The number of rotatable bonds is 3. The molecule has 1 heterocycles. The fraction of sp³-hybridized carbons (Fsp3) is 0.231. The summed E-state index contributed by atoms with van der Waals surface area (Å²) < 4.78 is 1.45. The number of hydrogen-bond acceptors (Lipinski definition) is 4. The second kappa shape index (κ2) is 5.27. The van der Waals surface area contributed by atoms with Crippen molar-refractivity contribution in [2.75, 3.05) is 11.1 Å². The molecule has 1 aromatic heterocycles. The van der Waals surface area contributed by atoms with Gasteiger partial charge in [-0.15, -0.1) is 0 Å². The van der Waals surface area contributed by atoms with E-state index in [1.54, 1.807) is 30.5 Å². The molecule has 100 valence electrons. The van der Waals surface area contributed by atoms with Crippen LogP contribution in [-0.4, -0.2) is 10.5 Å². The van der Waals surface area contributed by atoms with Gasteiger partial charge in [-0.2, -0.15) is 0 Å². The summed E-state index contributed by atoms with van der Waals surface area (Å²) in [6, 6.07) is 5.34. The molecule has 0 fully saturated rings. The molecule has 2 rings (SSSR count). The Labute approximate surface area is 114 Å². The zero-order chi connectivity index (χ0) is 14.0. The van der Waals surface area contributed by atoms with Crippen LogP contribution < -0.4 is 15.9 Å². The number of anilines is 2. The minimum Gasteiger partial charge on any atom is -0.398 e. The largest absolute Gasteiger partial charge is 0.398 e. The number of aryl methyl sites for hydroxylation is 1. The van der Waals surface area contributed by atoms with Crippen LogP contribution in [-0.2, 0) is 11.3 Å². The first kappa shape index (κ1) is 13.4. The third kappa shape index (κ3) is 2.85. The maximum absolute atomic E-state index is 11.9. The zero-order valence-corrected chi connectivity index (χ0v) is 11.6. The summed E-state index contributed by atoms with van der Waals surface area (Å²) in [6.45, 7) is 3.66. The molecule has 6 heteroatoms. The molecule has 1 aromatic carbocycles. The standard InChI is InChI=1S/C13H15N3O2S/c1-8-7-19-13(18)16(8)6-12(17)15-11-5-3-4-10(14)9(11)2/h3-5,7H,6,14H2,1-2H3,(H,15,17). The Morgan fingerprint density at radius 1 is 1.42 bits per heavy atom. The number of hydrogen-bond donors (Lipinski definition) is 2. The number of nitrogens with one attached hydrogen (secondary N) is 1. The minimum absolute atomic E-state index is 0.0163. The van der Waals surface area contributed by atoms with E-state index in [4.69, 9.17) is 5.73 Å². The highest BCUT2D eigenvalue weighted by atomic mass is 32.1. The second-order valence-corrected chi connectivity index (χ2v) is 5.12. The van der Waals surface area contributed by atoms with Crippen molar-refractivity contribution >= 4 is 28.6 Å². The van der Waals surface area contributed by atoms with Crippen molar-refractivity contribution < 1.29 is 4.79 Å². The van der Waals surface area contributed by atoms with Gasteiger partial charge in [0.1, 0.15) is 6.54 Å².